The summed E-state index contributed by atoms with van der Waals surface area (Å²) in [6.45, 7) is 6.30. The molecule has 0 spiro atoms. The van der Waals surface area contributed by atoms with E-state index in [1.165, 1.54) is 0 Å². The van der Waals surface area contributed by atoms with Gasteiger partial charge in [-0.25, -0.2) is 0 Å². The van der Waals surface area contributed by atoms with Crippen molar-refractivity contribution < 1.29 is 19.1 Å². The van der Waals surface area contributed by atoms with Crippen LogP contribution < -0.4 is 10.1 Å². The average molecular weight is 369 g/mol. The molecule has 0 bridgehead atoms. The average Bonchev–Trinajstić information content (AvgIpc) is 2.62. The molecule has 1 heterocycles. The SMILES string of the molecule is CCN(CC)C(=O)COc1ccc(NC(=O)C2CCOCC2)cc1Cl. The first-order chi connectivity index (χ1) is 12.0. The number of halogens is 1. The van der Waals surface area contributed by atoms with Crippen molar-refractivity contribution in [2.75, 3.05) is 38.2 Å². The van der Waals surface area contributed by atoms with E-state index in [1.54, 1.807) is 23.1 Å². The highest BCUT2D eigenvalue weighted by Gasteiger charge is 2.21. The number of amides is 2. The van der Waals surface area contributed by atoms with Crippen molar-refractivity contribution in [2.45, 2.75) is 26.7 Å². The zero-order chi connectivity index (χ0) is 18.2. The van der Waals surface area contributed by atoms with Gasteiger partial charge in [-0.3, -0.25) is 9.59 Å². The van der Waals surface area contributed by atoms with E-state index in [1.807, 2.05) is 13.8 Å². The Labute approximate surface area is 153 Å². The monoisotopic (exact) mass is 368 g/mol. The summed E-state index contributed by atoms with van der Waals surface area (Å²) >= 11 is 6.21. The number of benzene rings is 1. The smallest absolute Gasteiger partial charge is 0.260 e. The van der Waals surface area contributed by atoms with Crippen LogP contribution in [0.2, 0.25) is 5.02 Å². The quantitative estimate of drug-likeness (QED) is 0.803. The van der Waals surface area contributed by atoms with Gasteiger partial charge in [-0.1, -0.05) is 11.6 Å². The van der Waals surface area contributed by atoms with E-state index < -0.39 is 0 Å². The molecule has 1 fully saturated rings. The molecule has 7 heteroatoms. The van der Waals surface area contributed by atoms with Crippen molar-refractivity contribution >= 4 is 29.1 Å². The van der Waals surface area contributed by atoms with Gasteiger partial charge >= 0.3 is 0 Å². The molecule has 25 heavy (non-hydrogen) atoms. The third kappa shape index (κ3) is 5.61. The summed E-state index contributed by atoms with van der Waals surface area (Å²) in [4.78, 5) is 25.9. The van der Waals surface area contributed by atoms with Crippen LogP contribution in [0.5, 0.6) is 5.75 Å². The Morgan fingerprint density at radius 2 is 1.96 bits per heavy atom. The molecule has 1 saturated heterocycles. The second-order valence-corrected chi connectivity index (χ2v) is 6.28. The van der Waals surface area contributed by atoms with Crippen molar-refractivity contribution in [3.8, 4) is 5.75 Å². The van der Waals surface area contributed by atoms with Gasteiger partial charge in [-0.05, 0) is 44.9 Å². The molecular weight excluding hydrogens is 344 g/mol. The highest BCUT2D eigenvalue weighted by atomic mass is 35.5. The number of carbonyl (C=O) groups is 2. The van der Waals surface area contributed by atoms with E-state index in [-0.39, 0.29) is 24.3 Å². The minimum absolute atomic E-state index is 0.0234. The van der Waals surface area contributed by atoms with Crippen LogP contribution >= 0.6 is 11.6 Å². The maximum atomic E-state index is 12.2. The van der Waals surface area contributed by atoms with Crippen molar-refractivity contribution in [3.63, 3.8) is 0 Å². The molecule has 2 rings (SSSR count). The van der Waals surface area contributed by atoms with E-state index in [0.717, 1.165) is 12.8 Å². The predicted octanol–water partition coefficient (Wildman–Crippen LogP) is 2.95. The zero-order valence-corrected chi connectivity index (χ0v) is 15.5. The Morgan fingerprint density at radius 1 is 1.28 bits per heavy atom. The van der Waals surface area contributed by atoms with Gasteiger partial charge in [0.2, 0.25) is 5.91 Å². The highest BCUT2D eigenvalue weighted by molar-refractivity contribution is 6.32. The molecule has 1 aliphatic rings. The molecule has 6 nitrogen and oxygen atoms in total. The van der Waals surface area contributed by atoms with Gasteiger partial charge in [-0.15, -0.1) is 0 Å². The first-order valence-corrected chi connectivity index (χ1v) is 9.01. The van der Waals surface area contributed by atoms with Gasteiger partial charge in [0.05, 0.1) is 5.02 Å². The van der Waals surface area contributed by atoms with Gasteiger partial charge in [0.25, 0.3) is 5.91 Å². The molecule has 1 aliphatic heterocycles. The molecule has 0 aliphatic carbocycles. The van der Waals surface area contributed by atoms with Crippen molar-refractivity contribution in [3.05, 3.63) is 23.2 Å². The number of nitrogens with one attached hydrogen (secondary N) is 1. The number of carbonyl (C=O) groups excluding carboxylic acids is 2. The van der Waals surface area contributed by atoms with Gasteiger partial charge in [0, 0.05) is 37.9 Å². The van der Waals surface area contributed by atoms with E-state index in [9.17, 15) is 9.59 Å². The van der Waals surface area contributed by atoms with Crippen LogP contribution in [0.15, 0.2) is 18.2 Å². The fourth-order valence-electron chi connectivity index (χ4n) is 2.71. The number of likely N-dealkylation sites (N-methyl/N-ethyl adjacent to an activating group) is 1. The summed E-state index contributed by atoms with van der Waals surface area (Å²) in [5.41, 5.74) is 0.615. The summed E-state index contributed by atoms with van der Waals surface area (Å²) in [6.07, 6.45) is 1.46. The van der Waals surface area contributed by atoms with Gasteiger partial charge < -0.3 is 19.7 Å². The van der Waals surface area contributed by atoms with Crippen molar-refractivity contribution in [2.24, 2.45) is 5.92 Å². The van der Waals surface area contributed by atoms with E-state index in [2.05, 4.69) is 5.32 Å². The number of anilines is 1. The van der Waals surface area contributed by atoms with Gasteiger partial charge in [0.1, 0.15) is 5.75 Å². The summed E-state index contributed by atoms with van der Waals surface area (Å²) in [5.74, 6) is 0.282. The maximum absolute atomic E-state index is 12.2. The lowest BCUT2D eigenvalue weighted by atomic mass is 9.99. The van der Waals surface area contributed by atoms with Crippen LogP contribution in [-0.2, 0) is 14.3 Å². The Morgan fingerprint density at radius 3 is 2.56 bits per heavy atom. The lowest BCUT2D eigenvalue weighted by Crippen LogP contribution is -2.34. The Kier molecular flexibility index (Phi) is 7.52. The van der Waals surface area contributed by atoms with Crippen LogP contribution in [0.3, 0.4) is 0 Å². The van der Waals surface area contributed by atoms with Crippen LogP contribution in [0, 0.1) is 5.92 Å². The summed E-state index contributed by atoms with van der Waals surface area (Å²) in [5, 5.41) is 3.23. The zero-order valence-electron chi connectivity index (χ0n) is 14.7. The first-order valence-electron chi connectivity index (χ1n) is 8.63. The lowest BCUT2D eigenvalue weighted by molar-refractivity contribution is -0.133. The van der Waals surface area contributed by atoms with Crippen LogP contribution in [0.4, 0.5) is 5.69 Å². The second-order valence-electron chi connectivity index (χ2n) is 5.88. The highest BCUT2D eigenvalue weighted by Crippen LogP contribution is 2.28. The number of nitrogens with zero attached hydrogens (tertiary/aromatic N) is 1. The number of hydrogen-bond acceptors (Lipinski definition) is 4. The fraction of sp³-hybridized carbons (Fsp3) is 0.556. The van der Waals surface area contributed by atoms with Crippen molar-refractivity contribution in [1.82, 2.24) is 4.90 Å². The second kappa shape index (κ2) is 9.63. The van der Waals surface area contributed by atoms with Crippen LogP contribution in [0.25, 0.3) is 0 Å². The summed E-state index contributed by atoms with van der Waals surface area (Å²) < 4.78 is 10.8. The third-order valence-electron chi connectivity index (χ3n) is 4.26. The van der Waals surface area contributed by atoms with Crippen molar-refractivity contribution in [1.29, 1.82) is 0 Å². The number of ether oxygens (including phenoxy) is 2. The molecule has 0 radical (unpaired) electrons. The van der Waals surface area contributed by atoms with E-state index in [0.29, 0.717) is 42.8 Å². The minimum Gasteiger partial charge on any atom is -0.482 e. The molecule has 2 amide bonds. The van der Waals surface area contributed by atoms with E-state index in [4.69, 9.17) is 21.1 Å². The standard InChI is InChI=1S/C18H25ClN2O4/c1-3-21(4-2)17(22)12-25-16-6-5-14(11-15(16)19)20-18(23)13-7-9-24-10-8-13/h5-6,11,13H,3-4,7-10,12H2,1-2H3,(H,20,23). The minimum atomic E-state index is -0.0852. The normalized spacial score (nSPS) is 14.8. The molecule has 0 atom stereocenters. The Hall–Kier alpha value is -1.79. The topological polar surface area (TPSA) is 67.9 Å². The van der Waals surface area contributed by atoms with Gasteiger partial charge in [-0.2, -0.15) is 0 Å². The molecule has 0 unspecified atom stereocenters. The molecule has 0 aromatic heterocycles. The molecule has 138 valence electrons. The molecule has 1 aromatic rings. The van der Waals surface area contributed by atoms with Crippen LogP contribution in [0.1, 0.15) is 26.7 Å². The third-order valence-corrected chi connectivity index (χ3v) is 4.55. The van der Waals surface area contributed by atoms with Crippen LogP contribution in [-0.4, -0.2) is 49.6 Å². The molecule has 0 saturated carbocycles. The first kappa shape index (κ1) is 19.5. The largest absolute Gasteiger partial charge is 0.482 e. The fourth-order valence-corrected chi connectivity index (χ4v) is 2.94. The van der Waals surface area contributed by atoms with E-state index >= 15 is 0 Å². The molecule has 1 N–H and O–H groups in total. The Bertz CT molecular complexity index is 599. The molecular formula is C18H25ClN2O4. The number of rotatable bonds is 7. The van der Waals surface area contributed by atoms with Gasteiger partial charge in [0.15, 0.2) is 6.61 Å². The predicted molar refractivity (Wildman–Crippen MR) is 97.0 cm³/mol. The summed E-state index contributed by atoms with van der Waals surface area (Å²) in [7, 11) is 0. The lowest BCUT2D eigenvalue weighted by Gasteiger charge is -2.21. The Balaban J connectivity index is 1.91. The number of hydrogen-bond donors (Lipinski definition) is 1. The molecule has 1 aromatic carbocycles. The summed E-state index contributed by atoms with van der Waals surface area (Å²) in [6, 6.07) is 5.02. The maximum Gasteiger partial charge on any atom is 0.260 e.